The summed E-state index contributed by atoms with van der Waals surface area (Å²) in [6.45, 7) is 3.41. The van der Waals surface area contributed by atoms with Crippen LogP contribution in [-0.4, -0.2) is 42.0 Å². The first-order valence-corrected chi connectivity index (χ1v) is 11.0. The number of rotatable bonds is 6. The molecule has 7 heteroatoms. The Morgan fingerprint density at radius 1 is 1.13 bits per heavy atom. The molecule has 1 aliphatic heterocycles. The number of carbonyl (C=O) groups is 1. The predicted octanol–water partition coefficient (Wildman–Crippen LogP) is 5.09. The smallest absolute Gasteiger partial charge is 0.195 e. The lowest BCUT2D eigenvalue weighted by molar-refractivity contribution is 0.0528. The van der Waals surface area contributed by atoms with Gasteiger partial charge >= 0.3 is 0 Å². The molecule has 0 spiro atoms. The van der Waals surface area contributed by atoms with Gasteiger partial charge in [0, 0.05) is 58.7 Å². The van der Waals surface area contributed by atoms with Crippen LogP contribution in [0.1, 0.15) is 22.3 Å². The van der Waals surface area contributed by atoms with Gasteiger partial charge in [-0.05, 0) is 54.4 Å². The van der Waals surface area contributed by atoms with E-state index in [4.69, 9.17) is 16.3 Å². The zero-order valence-electron chi connectivity index (χ0n) is 16.4. The summed E-state index contributed by atoms with van der Waals surface area (Å²) in [6, 6.07) is 8.71. The molecule has 1 aromatic carbocycles. The standard InChI is InChI=1S/C23H22ClN3O2S/c24-18-4-7-22(21(16-18)23(28)17-8-10-25-11-9-17)26-30-20-3-1-2-19(5-6-20)27-12-14-29-15-13-27/h1,3-11,16,26H,2,12-15H2. The molecular formula is C23H22ClN3O2S. The predicted molar refractivity (Wildman–Crippen MR) is 123 cm³/mol. The first-order valence-electron chi connectivity index (χ1n) is 9.78. The first-order chi connectivity index (χ1) is 14.7. The van der Waals surface area contributed by atoms with Crippen LogP contribution in [0.2, 0.25) is 5.02 Å². The second-order valence-electron chi connectivity index (χ2n) is 6.89. The minimum atomic E-state index is -0.0945. The van der Waals surface area contributed by atoms with Crippen LogP contribution in [0.15, 0.2) is 77.6 Å². The fraction of sp³-hybridized carbons (Fsp3) is 0.217. The van der Waals surface area contributed by atoms with Crippen molar-refractivity contribution < 1.29 is 9.53 Å². The topological polar surface area (TPSA) is 54.5 Å². The Bertz CT molecular complexity index is 999. The highest BCUT2D eigenvalue weighted by Crippen LogP contribution is 2.29. The van der Waals surface area contributed by atoms with Gasteiger partial charge in [-0.15, -0.1) is 0 Å². The number of benzene rings is 1. The molecular weight excluding hydrogens is 418 g/mol. The van der Waals surface area contributed by atoms with Crippen molar-refractivity contribution in [3.63, 3.8) is 0 Å². The SMILES string of the molecule is O=C(c1ccncc1)c1cc(Cl)ccc1NSC1=CC=C(N2CCOCC2)CC=C1. The van der Waals surface area contributed by atoms with Gasteiger partial charge in [0.15, 0.2) is 5.78 Å². The van der Waals surface area contributed by atoms with Crippen molar-refractivity contribution in [1.82, 2.24) is 9.88 Å². The Morgan fingerprint density at radius 3 is 2.73 bits per heavy atom. The van der Waals surface area contributed by atoms with Crippen LogP contribution in [0.5, 0.6) is 0 Å². The van der Waals surface area contributed by atoms with Crippen molar-refractivity contribution in [1.29, 1.82) is 0 Å². The molecule has 0 bridgehead atoms. The van der Waals surface area contributed by atoms with E-state index in [0.717, 1.165) is 43.3 Å². The molecule has 154 valence electrons. The second kappa shape index (κ2) is 9.98. The molecule has 1 aromatic heterocycles. The van der Waals surface area contributed by atoms with Crippen LogP contribution >= 0.6 is 23.5 Å². The van der Waals surface area contributed by atoms with Gasteiger partial charge in [-0.3, -0.25) is 9.78 Å². The van der Waals surface area contributed by atoms with Crippen molar-refractivity contribution >= 4 is 35.0 Å². The average molecular weight is 440 g/mol. The molecule has 2 heterocycles. The number of halogens is 1. The van der Waals surface area contributed by atoms with E-state index in [1.807, 2.05) is 6.07 Å². The third-order valence-electron chi connectivity index (χ3n) is 4.91. The van der Waals surface area contributed by atoms with Gasteiger partial charge in [-0.25, -0.2) is 0 Å². The van der Waals surface area contributed by atoms with Crippen LogP contribution in [-0.2, 0) is 4.74 Å². The fourth-order valence-corrected chi connectivity index (χ4v) is 4.20. The number of carbonyl (C=O) groups excluding carboxylic acids is 1. The highest BCUT2D eigenvalue weighted by atomic mass is 35.5. The number of allylic oxidation sites excluding steroid dienone is 4. The molecule has 2 aliphatic rings. The van der Waals surface area contributed by atoms with Crippen LogP contribution in [0.4, 0.5) is 5.69 Å². The van der Waals surface area contributed by atoms with E-state index in [0.29, 0.717) is 16.1 Å². The Balaban J connectivity index is 1.49. The Kier molecular flexibility index (Phi) is 6.89. The largest absolute Gasteiger partial charge is 0.378 e. The van der Waals surface area contributed by atoms with E-state index in [2.05, 4.69) is 38.9 Å². The van der Waals surface area contributed by atoms with Crippen LogP contribution in [0.3, 0.4) is 0 Å². The van der Waals surface area contributed by atoms with Gasteiger partial charge in [-0.1, -0.05) is 23.8 Å². The molecule has 1 saturated heterocycles. The molecule has 0 saturated carbocycles. The minimum absolute atomic E-state index is 0.0945. The molecule has 0 atom stereocenters. The normalized spacial score (nSPS) is 16.5. The molecule has 1 aliphatic carbocycles. The van der Waals surface area contributed by atoms with E-state index in [1.54, 1.807) is 36.7 Å². The number of nitrogens with one attached hydrogen (secondary N) is 1. The van der Waals surface area contributed by atoms with Crippen LogP contribution in [0.25, 0.3) is 0 Å². The number of hydrogen-bond donors (Lipinski definition) is 1. The van der Waals surface area contributed by atoms with Crippen LogP contribution in [0, 0.1) is 0 Å². The highest BCUT2D eigenvalue weighted by molar-refractivity contribution is 8.04. The van der Waals surface area contributed by atoms with Gasteiger partial charge in [0.2, 0.25) is 0 Å². The number of ether oxygens (including phenoxy) is 1. The monoisotopic (exact) mass is 439 g/mol. The van der Waals surface area contributed by atoms with Crippen molar-refractivity contribution in [2.24, 2.45) is 0 Å². The van der Waals surface area contributed by atoms with E-state index >= 15 is 0 Å². The second-order valence-corrected chi connectivity index (χ2v) is 8.21. The Labute approximate surface area is 185 Å². The number of nitrogens with zero attached hydrogens (tertiary/aromatic N) is 2. The lowest BCUT2D eigenvalue weighted by atomic mass is 10.0. The quantitative estimate of drug-likeness (QED) is 0.500. The molecule has 4 rings (SSSR count). The fourth-order valence-electron chi connectivity index (χ4n) is 3.32. The molecule has 0 radical (unpaired) electrons. The molecule has 5 nitrogen and oxygen atoms in total. The molecule has 2 aromatic rings. The third-order valence-corrected chi connectivity index (χ3v) is 5.98. The average Bonchev–Trinajstić information content (AvgIpc) is 3.05. The Hall–Kier alpha value is -2.54. The molecule has 0 amide bonds. The summed E-state index contributed by atoms with van der Waals surface area (Å²) in [7, 11) is 0. The summed E-state index contributed by atoms with van der Waals surface area (Å²) in [6.07, 6.45) is 12.7. The van der Waals surface area contributed by atoms with E-state index in [9.17, 15) is 4.79 Å². The van der Waals surface area contributed by atoms with Gasteiger partial charge in [-0.2, -0.15) is 0 Å². The number of morpholine rings is 1. The number of pyridine rings is 1. The lowest BCUT2D eigenvalue weighted by Crippen LogP contribution is -2.35. The summed E-state index contributed by atoms with van der Waals surface area (Å²) in [5.41, 5.74) is 3.13. The van der Waals surface area contributed by atoms with Gasteiger partial charge in [0.25, 0.3) is 0 Å². The number of aromatic nitrogens is 1. The number of hydrogen-bond acceptors (Lipinski definition) is 6. The van der Waals surface area contributed by atoms with Crippen molar-refractivity contribution in [2.45, 2.75) is 6.42 Å². The maximum atomic E-state index is 13.0. The van der Waals surface area contributed by atoms with E-state index in [1.165, 1.54) is 17.6 Å². The summed E-state index contributed by atoms with van der Waals surface area (Å²) in [4.78, 5) is 20.4. The van der Waals surface area contributed by atoms with Gasteiger partial charge in [0.1, 0.15) is 0 Å². The summed E-state index contributed by atoms with van der Waals surface area (Å²) in [5.74, 6) is -0.0945. The summed E-state index contributed by atoms with van der Waals surface area (Å²) >= 11 is 7.64. The van der Waals surface area contributed by atoms with E-state index < -0.39 is 0 Å². The van der Waals surface area contributed by atoms with Gasteiger partial charge < -0.3 is 14.4 Å². The minimum Gasteiger partial charge on any atom is -0.378 e. The van der Waals surface area contributed by atoms with Crippen molar-refractivity contribution in [3.05, 3.63) is 93.8 Å². The van der Waals surface area contributed by atoms with Crippen molar-refractivity contribution in [2.75, 3.05) is 31.0 Å². The number of anilines is 1. The maximum absolute atomic E-state index is 13.0. The highest BCUT2D eigenvalue weighted by Gasteiger charge is 2.16. The zero-order chi connectivity index (χ0) is 20.8. The van der Waals surface area contributed by atoms with Crippen LogP contribution < -0.4 is 4.72 Å². The van der Waals surface area contributed by atoms with Crippen molar-refractivity contribution in [3.8, 4) is 0 Å². The lowest BCUT2D eigenvalue weighted by Gasteiger charge is -2.30. The van der Waals surface area contributed by atoms with E-state index in [-0.39, 0.29) is 5.78 Å². The zero-order valence-corrected chi connectivity index (χ0v) is 18.0. The molecule has 0 unspecified atom stereocenters. The third kappa shape index (κ3) is 5.14. The summed E-state index contributed by atoms with van der Waals surface area (Å²) in [5, 5.41) is 0.523. The molecule has 30 heavy (non-hydrogen) atoms. The molecule has 1 fully saturated rings. The molecule has 1 N–H and O–H groups in total. The number of ketones is 1. The van der Waals surface area contributed by atoms with Gasteiger partial charge in [0.05, 0.1) is 18.9 Å². The summed E-state index contributed by atoms with van der Waals surface area (Å²) < 4.78 is 8.77. The Morgan fingerprint density at radius 2 is 1.93 bits per heavy atom. The first kappa shape index (κ1) is 20.7. The maximum Gasteiger partial charge on any atom is 0.195 e.